The number of anilines is 2. The van der Waals surface area contributed by atoms with Crippen LogP contribution < -0.4 is 55.9 Å². The molecule has 5 aromatic heterocycles. The fourth-order valence-corrected chi connectivity index (χ4v) is 6.45. The molecule has 17 heteroatoms. The molecule has 7 heterocycles. The molecule has 1 aromatic carbocycles. The van der Waals surface area contributed by atoms with Gasteiger partial charge in [0, 0.05) is 0 Å². The summed E-state index contributed by atoms with van der Waals surface area (Å²) in [6.45, 7) is 7.67. The largest absolute Gasteiger partial charge is 0.375 e. The molecule has 2 saturated heterocycles. The summed E-state index contributed by atoms with van der Waals surface area (Å²) in [6, 6.07) is 20.1. The van der Waals surface area contributed by atoms with E-state index in [4.69, 9.17) is 42.0 Å². The monoisotopic (exact) mass is 676 g/mol. The van der Waals surface area contributed by atoms with E-state index in [2.05, 4.69) is 101 Å². The predicted octanol–water partition coefficient (Wildman–Crippen LogP) is -5.94. The van der Waals surface area contributed by atoms with E-state index in [-0.39, 0.29) is 0 Å². The van der Waals surface area contributed by atoms with E-state index < -0.39 is 20.5 Å². The predicted molar refractivity (Wildman–Crippen MR) is 141 cm³/mol. The Balaban J connectivity index is 0.000000328. The second-order valence-corrected chi connectivity index (χ2v) is 12.4. The Bertz CT molecular complexity index is 2000. The number of benzene rings is 1. The van der Waals surface area contributed by atoms with Crippen molar-refractivity contribution in [3.63, 3.8) is 0 Å². The van der Waals surface area contributed by atoms with Gasteiger partial charge in [-0.05, 0) is 61.7 Å². The highest BCUT2D eigenvalue weighted by Gasteiger charge is 2.36. The summed E-state index contributed by atoms with van der Waals surface area (Å²) in [5, 5.41) is 0. The third-order valence-electron chi connectivity index (χ3n) is 8.00. The van der Waals surface area contributed by atoms with Crippen LogP contribution in [0.3, 0.4) is 0 Å². The number of nitrogens with zero attached hydrogens (tertiary/aromatic N) is 6. The van der Waals surface area contributed by atoms with E-state index in [0.717, 1.165) is 39.4 Å². The zero-order valence-corrected chi connectivity index (χ0v) is 26.1. The maximum atomic E-state index is 8.49. The fraction of sp³-hybridized carbons (Fsp3) is 0.310. The molecule has 0 atom stereocenters. The Labute approximate surface area is 266 Å². The van der Waals surface area contributed by atoms with Gasteiger partial charge in [0.2, 0.25) is 0 Å². The quantitative estimate of drug-likeness (QED) is 0.157. The topological polar surface area (TPSA) is 217 Å². The smallest absolute Gasteiger partial charge is 0.370 e. The first-order valence-electron chi connectivity index (χ1n) is 14.3. The lowest BCUT2D eigenvalue weighted by Gasteiger charge is -2.22. The third-order valence-corrected chi connectivity index (χ3v) is 8.00. The second-order valence-electron chi connectivity index (χ2n) is 10.9. The number of morpholine rings is 1. The standard InChI is InChI=1S/C29H30N6O.2ClHO4/c1-21-10-11-22-25(20-21)35-27(24-9-3-4-14-32(24)28(35)30-12-6-7-13-30)26-23-8-2-5-15-33(23)29(34(22)26)31-16-18-36-19-17-31;2*2-1(3,4)5/h2-5,8-11,14-15,20H,6-7,12-13,16-19H2,1H3;2*(H,2,3,4,5)/q+2;;/p-2. The molecular weight excluding hydrogens is 647 g/mol. The first-order valence-corrected chi connectivity index (χ1v) is 16.8. The number of rotatable bonds is 2. The van der Waals surface area contributed by atoms with E-state index >= 15 is 0 Å². The summed E-state index contributed by atoms with van der Waals surface area (Å²) in [7, 11) is -9.89. The Kier molecular flexibility index (Phi) is 8.83. The first-order chi connectivity index (χ1) is 21.8. The molecule has 0 N–H and O–H groups in total. The fourth-order valence-electron chi connectivity index (χ4n) is 6.45. The lowest BCUT2D eigenvalue weighted by atomic mass is 10.2. The van der Waals surface area contributed by atoms with Gasteiger partial charge in [0.1, 0.15) is 11.0 Å². The van der Waals surface area contributed by atoms with Crippen molar-refractivity contribution in [1.29, 1.82) is 0 Å². The minimum atomic E-state index is -4.94. The molecule has 46 heavy (non-hydrogen) atoms. The molecule has 244 valence electrons. The maximum absolute atomic E-state index is 8.49. The van der Waals surface area contributed by atoms with E-state index in [1.54, 1.807) is 0 Å². The second kappa shape index (κ2) is 12.6. The number of aromatic nitrogens is 4. The normalized spacial score (nSPS) is 15.9. The molecule has 15 nitrogen and oxygen atoms in total. The summed E-state index contributed by atoms with van der Waals surface area (Å²) >= 11 is 0. The number of ether oxygens (including phenoxy) is 1. The first kappa shape index (κ1) is 32.4. The highest BCUT2D eigenvalue weighted by Crippen LogP contribution is 2.33. The lowest BCUT2D eigenvalue weighted by molar-refractivity contribution is -2.00. The summed E-state index contributed by atoms with van der Waals surface area (Å²) in [4.78, 5) is 5.05. The molecule has 0 unspecified atom stereocenters. The average Bonchev–Trinajstić information content (AvgIpc) is 3.71. The molecule has 0 spiro atoms. The summed E-state index contributed by atoms with van der Waals surface area (Å²) < 4.78 is 83.5. The number of imidazole rings is 2. The lowest BCUT2D eigenvalue weighted by Crippen LogP contribution is -2.68. The zero-order chi connectivity index (χ0) is 32.8. The van der Waals surface area contributed by atoms with Crippen LogP contribution in [0.5, 0.6) is 0 Å². The van der Waals surface area contributed by atoms with Gasteiger partial charge in [-0.3, -0.25) is 9.80 Å². The number of fused-ring (bicyclic) bond motifs is 10. The summed E-state index contributed by atoms with van der Waals surface area (Å²) in [5.74, 6) is 2.47. The van der Waals surface area contributed by atoms with Crippen LogP contribution in [0.15, 0.2) is 67.0 Å². The van der Waals surface area contributed by atoms with Gasteiger partial charge in [-0.2, -0.15) is 8.80 Å². The molecule has 2 aliphatic heterocycles. The molecule has 0 aliphatic carbocycles. The third kappa shape index (κ3) is 6.48. The Hall–Kier alpha value is -3.58. The molecular formula is C29H30Cl2N6O9. The molecule has 0 amide bonds. The molecule has 8 rings (SSSR count). The zero-order valence-electron chi connectivity index (χ0n) is 24.6. The van der Waals surface area contributed by atoms with Crippen molar-refractivity contribution in [3.8, 4) is 0 Å². The van der Waals surface area contributed by atoms with E-state index in [1.165, 1.54) is 63.4 Å². The highest BCUT2D eigenvalue weighted by atomic mass is 35.7. The van der Waals surface area contributed by atoms with Gasteiger partial charge in [-0.25, -0.2) is 46.1 Å². The van der Waals surface area contributed by atoms with Gasteiger partial charge < -0.3 is 4.74 Å². The number of hydrogen-bond donors (Lipinski definition) is 0. The van der Waals surface area contributed by atoms with Gasteiger partial charge >= 0.3 is 11.9 Å². The van der Waals surface area contributed by atoms with Crippen molar-refractivity contribution < 1.29 is 71.3 Å². The van der Waals surface area contributed by atoms with Crippen molar-refractivity contribution in [2.45, 2.75) is 19.8 Å². The maximum Gasteiger partial charge on any atom is 0.370 e. The van der Waals surface area contributed by atoms with Crippen molar-refractivity contribution in [2.24, 2.45) is 0 Å². The Morgan fingerprint density at radius 1 is 0.696 bits per heavy atom. The number of pyridine rings is 2. The van der Waals surface area contributed by atoms with Crippen LogP contribution >= 0.6 is 0 Å². The molecule has 6 aromatic rings. The number of halogens is 2. The molecule has 0 saturated carbocycles. The Morgan fingerprint density at radius 2 is 1.33 bits per heavy atom. The van der Waals surface area contributed by atoms with E-state index in [1.807, 2.05) is 0 Å². The SMILES string of the molecule is Cc1ccc2c(c1)n1c(N3CCCC3)[n+]3ccccc3c1c1c3ccccn3c(N3CCOCC3)[n+]21.[O-][Cl+3]([O-])([O-])[O-].[O-][Cl+3]([O-])([O-])[O-]. The molecule has 2 aliphatic rings. The van der Waals surface area contributed by atoms with Gasteiger partial charge in [0.05, 0.1) is 51.8 Å². The van der Waals surface area contributed by atoms with Crippen molar-refractivity contribution >= 4 is 45.0 Å². The van der Waals surface area contributed by atoms with Crippen LogP contribution in [0.1, 0.15) is 18.4 Å². The highest BCUT2D eigenvalue weighted by molar-refractivity contribution is 6.01. The van der Waals surface area contributed by atoms with Gasteiger partial charge in [-0.1, -0.05) is 18.2 Å². The van der Waals surface area contributed by atoms with Gasteiger partial charge in [0.15, 0.2) is 22.1 Å². The minimum Gasteiger partial charge on any atom is -0.375 e. The summed E-state index contributed by atoms with van der Waals surface area (Å²) in [5.41, 5.74) is 8.73. The molecule has 0 radical (unpaired) electrons. The van der Waals surface area contributed by atoms with Crippen molar-refractivity contribution in [2.75, 3.05) is 49.2 Å². The van der Waals surface area contributed by atoms with Crippen LogP contribution in [-0.2, 0) is 4.74 Å². The van der Waals surface area contributed by atoms with Crippen LogP contribution in [0, 0.1) is 27.4 Å². The summed E-state index contributed by atoms with van der Waals surface area (Å²) in [6.07, 6.45) is 6.93. The number of hydrogen-bond acceptors (Lipinski definition) is 11. The van der Waals surface area contributed by atoms with Gasteiger partial charge in [0.25, 0.3) is 0 Å². The van der Waals surface area contributed by atoms with Crippen LogP contribution in [0.2, 0.25) is 0 Å². The van der Waals surface area contributed by atoms with Crippen LogP contribution in [-0.4, -0.2) is 48.2 Å². The Morgan fingerprint density at radius 3 is 2.00 bits per heavy atom. The average molecular weight is 677 g/mol. The number of aryl methyl sites for hydroxylation is 1. The molecule has 2 fully saturated rings. The van der Waals surface area contributed by atoms with Crippen molar-refractivity contribution in [1.82, 2.24) is 8.80 Å². The molecule has 0 bridgehead atoms. The van der Waals surface area contributed by atoms with Crippen LogP contribution in [0.25, 0.3) is 33.1 Å². The minimum absolute atomic E-state index is 0.754. The van der Waals surface area contributed by atoms with E-state index in [9.17, 15) is 0 Å². The van der Waals surface area contributed by atoms with E-state index in [0.29, 0.717) is 0 Å². The van der Waals surface area contributed by atoms with Gasteiger partial charge in [-0.15, -0.1) is 20.5 Å². The van der Waals surface area contributed by atoms with Crippen molar-refractivity contribution in [3.05, 3.63) is 72.6 Å². The van der Waals surface area contributed by atoms with Crippen LogP contribution in [0.4, 0.5) is 11.9 Å².